The van der Waals surface area contributed by atoms with Gasteiger partial charge in [0.05, 0.1) is 0 Å². The summed E-state index contributed by atoms with van der Waals surface area (Å²) < 4.78 is 0. The van der Waals surface area contributed by atoms with Crippen molar-refractivity contribution >= 4 is 0 Å². The summed E-state index contributed by atoms with van der Waals surface area (Å²) in [5.41, 5.74) is 8.08. The summed E-state index contributed by atoms with van der Waals surface area (Å²) in [5, 5.41) is 0. The van der Waals surface area contributed by atoms with Crippen molar-refractivity contribution in [3.8, 4) is 0 Å². The molecule has 5 N–H and O–H groups in total. The molecule has 0 aromatic heterocycles. The van der Waals surface area contributed by atoms with Gasteiger partial charge in [-0.2, -0.15) is 0 Å². The van der Waals surface area contributed by atoms with E-state index in [1.807, 2.05) is 0 Å². The number of hydrogen-bond donors (Lipinski definition) is 3. The van der Waals surface area contributed by atoms with Crippen LogP contribution in [0.5, 0.6) is 0 Å². The summed E-state index contributed by atoms with van der Waals surface area (Å²) in [4.78, 5) is 0. The third kappa shape index (κ3) is 3.30. The maximum absolute atomic E-state index is 5.12. The topological polar surface area (TPSA) is 64.1 Å². The van der Waals surface area contributed by atoms with Gasteiger partial charge in [-0.05, 0) is 6.92 Å². The van der Waals surface area contributed by atoms with Crippen LogP contribution in [0.2, 0.25) is 0 Å². The summed E-state index contributed by atoms with van der Waals surface area (Å²) in [7, 11) is 0. The Morgan fingerprint density at radius 2 is 2.50 bits per heavy atom. The van der Waals surface area contributed by atoms with Gasteiger partial charge in [0.25, 0.3) is 0 Å². The van der Waals surface area contributed by atoms with Crippen LogP contribution in [-0.2, 0) is 0 Å². The molecule has 0 heterocycles. The van der Waals surface area contributed by atoms with Crippen molar-refractivity contribution < 1.29 is 1.43 Å². The Bertz CT molecular complexity index is 57.2. The largest absolute Gasteiger partial charge is 0.401 e. The molecule has 0 radical (unpaired) electrons. The van der Waals surface area contributed by atoms with E-state index in [0.717, 1.165) is 0 Å². The minimum atomic E-state index is 0. The second kappa shape index (κ2) is 2.53. The molecule has 0 saturated carbocycles. The average Bonchev–Trinajstić information content (AvgIpc) is 1.35. The van der Waals surface area contributed by atoms with Crippen molar-refractivity contribution in [3.05, 3.63) is 11.9 Å². The Balaban J connectivity index is 0. The first-order chi connectivity index (χ1) is 2.77. The van der Waals surface area contributed by atoms with E-state index in [1.165, 1.54) is 6.20 Å². The highest BCUT2D eigenvalue weighted by Crippen LogP contribution is 1.67. The molecule has 0 amide bonds. The van der Waals surface area contributed by atoms with E-state index >= 15 is 0 Å². The molecule has 0 atom stereocenters. The molecule has 0 aliphatic heterocycles. The van der Waals surface area contributed by atoms with Crippen molar-refractivity contribution in [2.75, 3.05) is 0 Å². The van der Waals surface area contributed by atoms with E-state index in [4.69, 9.17) is 11.6 Å². The molecule has 0 rings (SSSR count). The van der Waals surface area contributed by atoms with E-state index in [-0.39, 0.29) is 1.43 Å². The zero-order valence-corrected chi connectivity index (χ0v) is 3.73. The summed E-state index contributed by atoms with van der Waals surface area (Å²) >= 11 is 0. The fraction of sp³-hybridized carbons (Fsp3) is 0.333. The molecule has 38 valence electrons. The van der Waals surface area contributed by atoms with E-state index < -0.39 is 0 Å². The maximum atomic E-state index is 5.12. The molecule has 0 aromatic carbocycles. The molecule has 0 spiro atoms. The third-order valence-electron chi connectivity index (χ3n) is 0.311. The second-order valence-electron chi connectivity index (χ2n) is 1.06. The molecule has 0 aliphatic carbocycles. The van der Waals surface area contributed by atoms with Gasteiger partial charge in [-0.25, -0.2) is 0 Å². The zero-order chi connectivity index (χ0) is 4.99. The standard InChI is InChI=1S/C3H9N3.H2/c1-3(4)2-6-5;/h2,6H,4-5H2,1H3;1H/b3-2-;. The highest BCUT2D eigenvalue weighted by molar-refractivity contribution is 4.87. The Morgan fingerprint density at radius 1 is 2.00 bits per heavy atom. The fourth-order valence-electron chi connectivity index (χ4n) is 0.131. The van der Waals surface area contributed by atoms with Gasteiger partial charge >= 0.3 is 0 Å². The van der Waals surface area contributed by atoms with Crippen LogP contribution in [0.4, 0.5) is 0 Å². The predicted molar refractivity (Wildman–Crippen MR) is 27.4 cm³/mol. The zero-order valence-electron chi connectivity index (χ0n) is 3.73. The number of allylic oxidation sites excluding steroid dienone is 1. The lowest BCUT2D eigenvalue weighted by atomic mass is 10.6. The van der Waals surface area contributed by atoms with Crippen molar-refractivity contribution in [2.24, 2.45) is 11.6 Å². The SMILES string of the molecule is C/C(N)=C/NN.[HH]. The molecule has 0 unspecified atom stereocenters. The quantitative estimate of drug-likeness (QED) is 0.300. The molecule has 0 saturated heterocycles. The summed E-state index contributed by atoms with van der Waals surface area (Å²) in [6, 6.07) is 0. The van der Waals surface area contributed by atoms with Gasteiger partial charge in [0.2, 0.25) is 0 Å². The first kappa shape index (κ1) is 5.30. The number of hydrazine groups is 1. The number of hydrogen-bond acceptors (Lipinski definition) is 3. The van der Waals surface area contributed by atoms with Gasteiger partial charge in [0, 0.05) is 13.3 Å². The van der Waals surface area contributed by atoms with E-state index in [0.29, 0.717) is 5.70 Å². The molecule has 3 heteroatoms. The second-order valence-corrected chi connectivity index (χ2v) is 1.06. The van der Waals surface area contributed by atoms with Gasteiger partial charge in [0.15, 0.2) is 0 Å². The number of nitrogens with one attached hydrogen (secondary N) is 1. The van der Waals surface area contributed by atoms with Gasteiger partial charge in [0.1, 0.15) is 0 Å². The van der Waals surface area contributed by atoms with Crippen molar-refractivity contribution in [1.82, 2.24) is 5.43 Å². The van der Waals surface area contributed by atoms with E-state index in [9.17, 15) is 0 Å². The van der Waals surface area contributed by atoms with Crippen LogP contribution in [0.3, 0.4) is 0 Å². The van der Waals surface area contributed by atoms with E-state index in [2.05, 4.69) is 5.43 Å². The molecular weight excluding hydrogens is 78.1 g/mol. The molecule has 0 aromatic rings. The molecule has 0 fully saturated rings. The Hall–Kier alpha value is -0.700. The van der Waals surface area contributed by atoms with Crippen LogP contribution >= 0.6 is 0 Å². The molecule has 3 nitrogen and oxygen atoms in total. The third-order valence-corrected chi connectivity index (χ3v) is 0.311. The monoisotopic (exact) mass is 89.1 g/mol. The number of rotatable bonds is 1. The van der Waals surface area contributed by atoms with Crippen LogP contribution in [0.15, 0.2) is 11.9 Å². The molecule has 6 heavy (non-hydrogen) atoms. The first-order valence-corrected chi connectivity index (χ1v) is 1.65. The normalized spacial score (nSPS) is 11.3. The highest BCUT2D eigenvalue weighted by atomic mass is 15.2. The summed E-state index contributed by atoms with van der Waals surface area (Å²) in [5.74, 6) is 4.82. The average molecular weight is 89.1 g/mol. The van der Waals surface area contributed by atoms with Crippen LogP contribution < -0.4 is 17.0 Å². The van der Waals surface area contributed by atoms with Crippen LogP contribution in [0, 0.1) is 0 Å². The van der Waals surface area contributed by atoms with Crippen LogP contribution in [0.25, 0.3) is 0 Å². The van der Waals surface area contributed by atoms with Crippen LogP contribution in [0.1, 0.15) is 8.35 Å². The Kier molecular flexibility index (Phi) is 2.24. The Labute approximate surface area is 38.5 Å². The van der Waals surface area contributed by atoms with Gasteiger partial charge < -0.3 is 11.2 Å². The predicted octanol–water partition coefficient (Wildman–Crippen LogP) is -0.484. The first-order valence-electron chi connectivity index (χ1n) is 1.65. The van der Waals surface area contributed by atoms with E-state index in [1.54, 1.807) is 6.92 Å². The molecular formula is C3H11N3. The maximum Gasteiger partial charge on any atom is 0.0307 e. The van der Waals surface area contributed by atoms with Crippen LogP contribution in [-0.4, -0.2) is 0 Å². The minimum Gasteiger partial charge on any atom is -0.401 e. The molecule has 0 aliphatic rings. The highest BCUT2D eigenvalue weighted by Gasteiger charge is 1.65. The van der Waals surface area contributed by atoms with Gasteiger partial charge in [-0.3, -0.25) is 5.84 Å². The van der Waals surface area contributed by atoms with Crippen molar-refractivity contribution in [2.45, 2.75) is 6.92 Å². The fourth-order valence-corrected chi connectivity index (χ4v) is 0.131. The molecule has 0 bridgehead atoms. The smallest absolute Gasteiger partial charge is 0.0307 e. The van der Waals surface area contributed by atoms with Crippen molar-refractivity contribution in [1.29, 1.82) is 0 Å². The number of nitrogens with two attached hydrogens (primary N) is 2. The summed E-state index contributed by atoms with van der Waals surface area (Å²) in [6.45, 7) is 1.75. The lowest BCUT2D eigenvalue weighted by Crippen LogP contribution is -2.15. The minimum absolute atomic E-state index is 0. The van der Waals surface area contributed by atoms with Gasteiger partial charge in [-0.1, -0.05) is 0 Å². The van der Waals surface area contributed by atoms with Gasteiger partial charge in [-0.15, -0.1) is 0 Å². The lowest BCUT2D eigenvalue weighted by molar-refractivity contribution is 0.946. The lowest BCUT2D eigenvalue weighted by Gasteiger charge is -1.85. The Morgan fingerprint density at radius 3 is 2.50 bits per heavy atom. The van der Waals surface area contributed by atoms with Crippen molar-refractivity contribution in [3.63, 3.8) is 0 Å². The summed E-state index contributed by atoms with van der Waals surface area (Å²) in [6.07, 6.45) is 1.51.